The highest BCUT2D eigenvalue weighted by atomic mass is 16.3. The van der Waals surface area contributed by atoms with Crippen LogP contribution in [0, 0.1) is 11.8 Å². The third kappa shape index (κ3) is 7.05. The maximum absolute atomic E-state index is 13.8. The van der Waals surface area contributed by atoms with E-state index in [4.69, 9.17) is 0 Å². The molecule has 4 amide bonds. The number of anilines is 2. The number of benzene rings is 4. The third-order valence-electron chi connectivity index (χ3n) is 12.8. The topological polar surface area (TPSA) is 125 Å². The van der Waals surface area contributed by atoms with Crippen LogP contribution in [-0.2, 0) is 0 Å². The minimum absolute atomic E-state index is 0.217. The quantitative estimate of drug-likeness (QED) is 0.154. The van der Waals surface area contributed by atoms with Gasteiger partial charge in [0.1, 0.15) is 0 Å². The molecule has 0 unspecified atom stereocenters. The number of nitrogens with zero attached hydrogens (tertiary/aromatic N) is 5. The Hall–Kier alpha value is -4.84. The fraction of sp³-hybridized carbons (Fsp3) is 0.467. The van der Waals surface area contributed by atoms with Crippen LogP contribution in [0.15, 0.2) is 60.7 Å². The molecule has 2 saturated heterocycles. The molecule has 0 radical (unpaired) electrons. The fourth-order valence-electron chi connectivity index (χ4n) is 9.62. The predicted molar refractivity (Wildman–Crippen MR) is 219 cm³/mol. The van der Waals surface area contributed by atoms with Gasteiger partial charge in [0, 0.05) is 108 Å². The number of aliphatic hydroxyl groups is 2. The Kier molecular flexibility index (Phi) is 11.1. The largest absolute Gasteiger partial charge is 0.396 e. The highest BCUT2D eigenvalue weighted by Gasteiger charge is 2.35. The minimum atomic E-state index is -0.262. The van der Waals surface area contributed by atoms with E-state index in [9.17, 15) is 29.4 Å². The molecule has 0 saturated carbocycles. The number of carbonyl (C=O) groups excluding carboxylic acids is 4. The van der Waals surface area contributed by atoms with Crippen molar-refractivity contribution in [2.24, 2.45) is 11.8 Å². The zero-order valence-corrected chi connectivity index (χ0v) is 32.4. The molecule has 0 aromatic heterocycles. The van der Waals surface area contributed by atoms with E-state index < -0.39 is 0 Å². The van der Waals surface area contributed by atoms with Gasteiger partial charge in [-0.2, -0.15) is 0 Å². The molecule has 2 fully saturated rings. The highest BCUT2D eigenvalue weighted by Crippen LogP contribution is 2.39. The normalized spacial score (nSPS) is 18.1. The van der Waals surface area contributed by atoms with Gasteiger partial charge >= 0.3 is 0 Å². The summed E-state index contributed by atoms with van der Waals surface area (Å²) < 4.78 is 0. The first kappa shape index (κ1) is 38.1. The first-order valence-corrected chi connectivity index (χ1v) is 20.5. The zero-order chi connectivity index (χ0) is 38.9. The van der Waals surface area contributed by atoms with Gasteiger partial charge in [-0.3, -0.25) is 29.0 Å². The molecular weight excluding hydrogens is 707 g/mol. The third-order valence-corrected chi connectivity index (χ3v) is 12.8. The number of piperidine rings is 2. The van der Waals surface area contributed by atoms with Crippen molar-refractivity contribution in [3.63, 3.8) is 0 Å². The SMILES string of the molecule is CN(CCCN1C(=O)c2cccc3c(N4CCC(CCO)CC4)ccc(c23)C1=O)CCCN1C(=O)c2cccc3c(N4CCC(CCO)CC4)ccc(c23)C1=O. The molecule has 0 atom stereocenters. The second kappa shape index (κ2) is 16.3. The average molecular weight is 760 g/mol. The molecule has 4 aliphatic rings. The summed E-state index contributed by atoms with van der Waals surface area (Å²) in [7, 11) is 1.98. The lowest BCUT2D eigenvalue weighted by Crippen LogP contribution is -2.42. The van der Waals surface area contributed by atoms with E-state index in [-0.39, 0.29) is 36.8 Å². The lowest BCUT2D eigenvalue weighted by Gasteiger charge is -2.35. The van der Waals surface area contributed by atoms with Crippen molar-refractivity contribution in [1.29, 1.82) is 0 Å². The Labute approximate surface area is 328 Å². The molecule has 0 bridgehead atoms. The van der Waals surface area contributed by atoms with Crippen molar-refractivity contribution in [2.75, 3.05) is 82.4 Å². The number of hydrogen-bond acceptors (Lipinski definition) is 9. The van der Waals surface area contributed by atoms with Gasteiger partial charge in [0.25, 0.3) is 23.6 Å². The summed E-state index contributed by atoms with van der Waals surface area (Å²) in [5.41, 5.74) is 4.34. The van der Waals surface area contributed by atoms with Crippen LogP contribution in [0.2, 0.25) is 0 Å². The van der Waals surface area contributed by atoms with Crippen molar-refractivity contribution in [1.82, 2.24) is 14.7 Å². The summed E-state index contributed by atoms with van der Waals surface area (Å²) in [6.07, 6.45) is 6.90. The number of carbonyl (C=O) groups is 4. The van der Waals surface area contributed by atoms with Gasteiger partial charge in [0.05, 0.1) is 0 Å². The smallest absolute Gasteiger partial charge is 0.261 e. The van der Waals surface area contributed by atoms with Crippen LogP contribution in [0.4, 0.5) is 11.4 Å². The maximum atomic E-state index is 13.8. The number of aliphatic hydroxyl groups excluding tert-OH is 2. The van der Waals surface area contributed by atoms with Gasteiger partial charge in [0.15, 0.2) is 0 Å². The van der Waals surface area contributed by atoms with Crippen molar-refractivity contribution >= 4 is 56.5 Å². The van der Waals surface area contributed by atoms with Gasteiger partial charge in [-0.15, -0.1) is 0 Å². The Morgan fingerprint density at radius 2 is 0.929 bits per heavy atom. The van der Waals surface area contributed by atoms with Gasteiger partial charge in [-0.25, -0.2) is 0 Å². The van der Waals surface area contributed by atoms with Gasteiger partial charge < -0.3 is 24.9 Å². The molecule has 4 aromatic rings. The van der Waals surface area contributed by atoms with Crippen LogP contribution in [0.3, 0.4) is 0 Å². The minimum Gasteiger partial charge on any atom is -0.396 e. The summed E-state index contributed by atoms with van der Waals surface area (Å²) >= 11 is 0. The van der Waals surface area contributed by atoms with E-state index in [1.807, 2.05) is 67.7 Å². The van der Waals surface area contributed by atoms with Crippen molar-refractivity contribution in [3.05, 3.63) is 82.9 Å². The molecule has 4 aliphatic heterocycles. The number of rotatable bonds is 14. The van der Waals surface area contributed by atoms with Crippen molar-refractivity contribution in [2.45, 2.75) is 51.4 Å². The predicted octanol–water partition coefficient (Wildman–Crippen LogP) is 5.79. The first-order valence-electron chi connectivity index (χ1n) is 20.5. The Bertz CT molecular complexity index is 1960. The number of hydrogen-bond donors (Lipinski definition) is 2. The monoisotopic (exact) mass is 759 g/mol. The van der Waals surface area contributed by atoms with E-state index in [0.29, 0.717) is 73.1 Å². The summed E-state index contributed by atoms with van der Waals surface area (Å²) in [4.78, 5) is 64.6. The van der Waals surface area contributed by atoms with Crippen molar-refractivity contribution in [3.8, 4) is 0 Å². The van der Waals surface area contributed by atoms with E-state index in [0.717, 1.165) is 97.6 Å². The zero-order valence-electron chi connectivity index (χ0n) is 32.4. The second-order valence-corrected chi connectivity index (χ2v) is 16.1. The molecular formula is C45H53N5O6. The summed E-state index contributed by atoms with van der Waals surface area (Å²) in [5, 5.41) is 22.1. The van der Waals surface area contributed by atoms with Crippen LogP contribution in [0.5, 0.6) is 0 Å². The lowest BCUT2D eigenvalue weighted by molar-refractivity contribution is 0.0596. The van der Waals surface area contributed by atoms with E-state index >= 15 is 0 Å². The van der Waals surface area contributed by atoms with Crippen LogP contribution in [0.25, 0.3) is 21.5 Å². The average Bonchev–Trinajstić information content (AvgIpc) is 3.22. The van der Waals surface area contributed by atoms with Crippen LogP contribution in [-0.4, -0.2) is 121 Å². The molecule has 294 valence electrons. The van der Waals surface area contributed by atoms with Gasteiger partial charge in [0.2, 0.25) is 0 Å². The number of amides is 4. The molecule has 11 heteroatoms. The maximum Gasteiger partial charge on any atom is 0.261 e. The Balaban J connectivity index is 0.859. The Morgan fingerprint density at radius 1 is 0.554 bits per heavy atom. The molecule has 56 heavy (non-hydrogen) atoms. The van der Waals surface area contributed by atoms with E-state index in [1.54, 1.807) is 0 Å². The summed E-state index contributed by atoms with van der Waals surface area (Å²) in [6.45, 7) is 5.84. The molecule has 8 rings (SSSR count). The standard InChI is InChI=1S/C45H53N5O6/c1-46(20-4-22-49-42(53)34-8-2-6-32-38(12-10-36(40(32)34)44(49)55)47-24-14-30(15-25-47)18-28-51)21-5-23-50-43(54)35-9-3-7-33-39(13-11-37(41(33)35)45(50)56)48-26-16-31(17-27-48)19-29-52/h2-3,6-13,30-31,51-52H,4-5,14-29H2,1H3. The molecule has 0 aliphatic carbocycles. The molecule has 2 N–H and O–H groups in total. The summed E-state index contributed by atoms with van der Waals surface area (Å²) in [6, 6.07) is 19.3. The number of imide groups is 2. The fourth-order valence-corrected chi connectivity index (χ4v) is 9.62. The van der Waals surface area contributed by atoms with Crippen LogP contribution in [0.1, 0.15) is 92.8 Å². The molecule has 11 nitrogen and oxygen atoms in total. The highest BCUT2D eigenvalue weighted by molar-refractivity contribution is 6.28. The first-order chi connectivity index (χ1) is 27.3. The molecule has 0 spiro atoms. The van der Waals surface area contributed by atoms with E-state index in [1.165, 1.54) is 9.80 Å². The second-order valence-electron chi connectivity index (χ2n) is 16.1. The lowest BCUT2D eigenvalue weighted by atomic mass is 9.90. The van der Waals surface area contributed by atoms with Crippen LogP contribution >= 0.6 is 0 Å². The van der Waals surface area contributed by atoms with Crippen LogP contribution < -0.4 is 9.80 Å². The molecule has 4 heterocycles. The molecule has 4 aromatic carbocycles. The summed E-state index contributed by atoms with van der Waals surface area (Å²) in [5.74, 6) is -0.000444. The van der Waals surface area contributed by atoms with Crippen molar-refractivity contribution < 1.29 is 29.4 Å². The van der Waals surface area contributed by atoms with Gasteiger partial charge in [-0.05, 0) is 120 Å². The van der Waals surface area contributed by atoms with Gasteiger partial charge in [-0.1, -0.05) is 24.3 Å². The Morgan fingerprint density at radius 3 is 1.30 bits per heavy atom. The van der Waals surface area contributed by atoms with E-state index in [2.05, 4.69) is 14.7 Å².